The zero-order valence-corrected chi connectivity index (χ0v) is 15.2. The number of H-pyrrole nitrogens is 1. The van der Waals surface area contributed by atoms with Crippen LogP contribution in [0.4, 0.5) is 5.69 Å². The number of nitrogens with two attached hydrogens (primary N) is 1. The fourth-order valence-electron chi connectivity index (χ4n) is 4.24. The van der Waals surface area contributed by atoms with Gasteiger partial charge in [-0.2, -0.15) is 0 Å². The number of fused-ring (bicyclic) bond motifs is 6. The number of ether oxygens (including phenoxy) is 1. The standard InChI is InChI=1S/C19H16BrN3O2/c1-25-11-3-4-12-13-6-7-21-19(17(13)22-16(12)9-11)14-8-10(20)2-5-15(14)23-18(19)24/h2-5,8-9,21-22H,6-7H2,1H3,(H,23,24)/p+1/t19-/m1/s1. The van der Waals surface area contributed by atoms with Gasteiger partial charge in [0.25, 0.3) is 5.91 Å². The molecule has 25 heavy (non-hydrogen) atoms. The van der Waals surface area contributed by atoms with E-state index in [0.29, 0.717) is 0 Å². The van der Waals surface area contributed by atoms with E-state index in [0.717, 1.165) is 45.6 Å². The largest absolute Gasteiger partial charge is 0.497 e. The Morgan fingerprint density at radius 2 is 2.12 bits per heavy atom. The van der Waals surface area contributed by atoms with Crippen LogP contribution in [-0.2, 0) is 16.8 Å². The maximum absolute atomic E-state index is 13.1. The summed E-state index contributed by atoms with van der Waals surface area (Å²) in [6, 6.07) is 12.0. The summed E-state index contributed by atoms with van der Waals surface area (Å²) < 4.78 is 6.32. The second-order valence-electron chi connectivity index (χ2n) is 6.58. The molecule has 0 unspecified atom stereocenters. The average Bonchev–Trinajstić information content (AvgIpc) is 3.12. The van der Waals surface area contributed by atoms with Crippen LogP contribution in [0, 0.1) is 0 Å². The summed E-state index contributed by atoms with van der Waals surface area (Å²) in [5.41, 5.74) is 4.36. The van der Waals surface area contributed by atoms with Crippen LogP contribution in [0.1, 0.15) is 16.8 Å². The van der Waals surface area contributed by atoms with Crippen LogP contribution in [0.5, 0.6) is 5.75 Å². The normalized spacial score (nSPS) is 21.3. The van der Waals surface area contributed by atoms with Crippen molar-refractivity contribution in [2.75, 3.05) is 19.0 Å². The summed E-state index contributed by atoms with van der Waals surface area (Å²) in [5, 5.41) is 6.37. The van der Waals surface area contributed by atoms with E-state index in [1.54, 1.807) is 7.11 Å². The smallest absolute Gasteiger partial charge is 0.297 e. The van der Waals surface area contributed by atoms with Gasteiger partial charge in [-0.25, -0.2) is 0 Å². The Balaban J connectivity index is 1.82. The van der Waals surface area contributed by atoms with Gasteiger partial charge in [0.2, 0.25) is 5.54 Å². The number of anilines is 1. The van der Waals surface area contributed by atoms with Crippen LogP contribution in [0.3, 0.4) is 0 Å². The lowest BCUT2D eigenvalue weighted by atomic mass is 9.82. The van der Waals surface area contributed by atoms with Crippen molar-refractivity contribution < 1.29 is 14.8 Å². The maximum atomic E-state index is 13.1. The number of benzene rings is 2. The molecule has 0 saturated carbocycles. The van der Waals surface area contributed by atoms with Gasteiger partial charge in [-0.05, 0) is 35.9 Å². The van der Waals surface area contributed by atoms with E-state index >= 15 is 0 Å². The van der Waals surface area contributed by atoms with Crippen LogP contribution in [0.2, 0.25) is 0 Å². The molecule has 0 bridgehead atoms. The summed E-state index contributed by atoms with van der Waals surface area (Å²) in [6.07, 6.45) is 0.931. The topological polar surface area (TPSA) is 70.7 Å². The molecule has 126 valence electrons. The molecule has 0 radical (unpaired) electrons. The minimum Gasteiger partial charge on any atom is -0.497 e. The lowest BCUT2D eigenvalue weighted by Crippen LogP contribution is -2.98. The summed E-state index contributed by atoms with van der Waals surface area (Å²) in [5.74, 6) is 0.822. The number of nitrogens with one attached hydrogen (secondary N) is 2. The number of aromatic nitrogens is 1. The first-order chi connectivity index (χ1) is 12.1. The second-order valence-corrected chi connectivity index (χ2v) is 7.50. The molecule has 2 aliphatic rings. The number of hydrogen-bond donors (Lipinski definition) is 3. The van der Waals surface area contributed by atoms with Gasteiger partial charge >= 0.3 is 0 Å². The predicted molar refractivity (Wildman–Crippen MR) is 98.9 cm³/mol. The Morgan fingerprint density at radius 3 is 2.96 bits per heavy atom. The Morgan fingerprint density at radius 1 is 1.24 bits per heavy atom. The Labute approximate surface area is 152 Å². The number of aromatic amines is 1. The van der Waals surface area contributed by atoms with Gasteiger partial charge in [-0.1, -0.05) is 15.9 Å². The monoisotopic (exact) mass is 398 g/mol. The fourth-order valence-corrected chi connectivity index (χ4v) is 4.60. The first-order valence-electron chi connectivity index (χ1n) is 8.28. The molecule has 3 heterocycles. The third kappa shape index (κ3) is 1.89. The number of amides is 1. The molecule has 3 aromatic rings. The zero-order valence-electron chi connectivity index (χ0n) is 13.7. The molecule has 2 aliphatic heterocycles. The molecule has 6 heteroatoms. The Kier molecular flexibility index (Phi) is 3.05. The number of carbonyl (C=O) groups excluding carboxylic acids is 1. The number of quaternary nitrogens is 1. The Bertz CT molecular complexity index is 1040. The van der Waals surface area contributed by atoms with Crippen molar-refractivity contribution in [3.05, 3.63) is 57.7 Å². The van der Waals surface area contributed by atoms with Crippen molar-refractivity contribution in [2.24, 2.45) is 0 Å². The second kappa shape index (κ2) is 5.09. The SMILES string of the molecule is COc1ccc2c3c([nH]c2c1)[C@@]1([NH2+]CC3)C(=O)Nc2ccc(Br)cc21. The van der Waals surface area contributed by atoms with Gasteiger partial charge in [0, 0.05) is 27.9 Å². The molecule has 1 atom stereocenters. The van der Waals surface area contributed by atoms with Crippen LogP contribution in [0.15, 0.2) is 40.9 Å². The highest BCUT2D eigenvalue weighted by molar-refractivity contribution is 9.10. The van der Waals surface area contributed by atoms with Gasteiger partial charge in [-0.3, -0.25) is 4.79 Å². The summed E-state index contributed by atoms with van der Waals surface area (Å²) >= 11 is 3.55. The molecule has 5 nitrogen and oxygen atoms in total. The number of halogens is 1. The number of methoxy groups -OCH3 is 1. The molecule has 4 N–H and O–H groups in total. The highest BCUT2D eigenvalue weighted by Crippen LogP contribution is 2.43. The highest BCUT2D eigenvalue weighted by Gasteiger charge is 2.56. The third-order valence-corrected chi connectivity index (χ3v) is 5.86. The van der Waals surface area contributed by atoms with Gasteiger partial charge < -0.3 is 20.4 Å². The molecule has 5 rings (SSSR count). The van der Waals surface area contributed by atoms with Gasteiger partial charge in [-0.15, -0.1) is 0 Å². The molecule has 1 aromatic heterocycles. The molecule has 1 amide bonds. The van der Waals surface area contributed by atoms with Crippen LogP contribution < -0.4 is 15.4 Å². The molecule has 0 fully saturated rings. The highest BCUT2D eigenvalue weighted by atomic mass is 79.9. The minimum atomic E-state index is -0.751. The molecule has 2 aromatic carbocycles. The molecule has 0 saturated heterocycles. The quantitative estimate of drug-likeness (QED) is 0.588. The van der Waals surface area contributed by atoms with E-state index in [1.807, 2.05) is 30.3 Å². The molecule has 0 aliphatic carbocycles. The van der Waals surface area contributed by atoms with E-state index in [4.69, 9.17) is 4.74 Å². The summed E-state index contributed by atoms with van der Waals surface area (Å²) in [6.45, 7) is 0.866. The lowest BCUT2D eigenvalue weighted by molar-refractivity contribution is -0.713. The van der Waals surface area contributed by atoms with Crippen LogP contribution in [0.25, 0.3) is 10.9 Å². The minimum absolute atomic E-state index is 0.0140. The van der Waals surface area contributed by atoms with Crippen molar-refractivity contribution >= 4 is 38.4 Å². The van der Waals surface area contributed by atoms with Crippen LogP contribution >= 0.6 is 15.9 Å². The first-order valence-corrected chi connectivity index (χ1v) is 9.08. The molecule has 1 spiro atoms. The predicted octanol–water partition coefficient (Wildman–Crippen LogP) is 2.25. The lowest BCUT2D eigenvalue weighted by Gasteiger charge is -2.29. The number of carbonyl (C=O) groups is 1. The van der Waals surface area contributed by atoms with E-state index in [9.17, 15) is 4.79 Å². The maximum Gasteiger partial charge on any atom is 0.297 e. The third-order valence-electron chi connectivity index (χ3n) is 5.37. The van der Waals surface area contributed by atoms with Gasteiger partial charge in [0.1, 0.15) is 5.75 Å². The van der Waals surface area contributed by atoms with Gasteiger partial charge in [0.15, 0.2) is 0 Å². The van der Waals surface area contributed by atoms with E-state index in [-0.39, 0.29) is 5.91 Å². The zero-order chi connectivity index (χ0) is 17.2. The van der Waals surface area contributed by atoms with Gasteiger partial charge in [0.05, 0.1) is 30.6 Å². The summed E-state index contributed by atoms with van der Waals surface area (Å²) in [4.78, 5) is 16.6. The number of rotatable bonds is 1. The van der Waals surface area contributed by atoms with Crippen molar-refractivity contribution in [1.82, 2.24) is 4.98 Å². The van der Waals surface area contributed by atoms with Crippen LogP contribution in [-0.4, -0.2) is 24.5 Å². The van der Waals surface area contributed by atoms with Crippen molar-refractivity contribution in [2.45, 2.75) is 12.0 Å². The van der Waals surface area contributed by atoms with Crippen molar-refractivity contribution in [3.63, 3.8) is 0 Å². The number of hydrogen-bond acceptors (Lipinski definition) is 2. The van der Waals surface area contributed by atoms with E-state index in [1.165, 1.54) is 10.9 Å². The van der Waals surface area contributed by atoms with Crippen molar-refractivity contribution in [3.8, 4) is 5.75 Å². The molecular formula is C19H17BrN3O2+. The average molecular weight is 399 g/mol. The Hall–Kier alpha value is -2.31. The summed E-state index contributed by atoms with van der Waals surface area (Å²) in [7, 11) is 1.66. The van der Waals surface area contributed by atoms with Crippen molar-refractivity contribution in [1.29, 1.82) is 0 Å². The van der Waals surface area contributed by atoms with E-state index in [2.05, 4.69) is 37.6 Å². The van der Waals surface area contributed by atoms with E-state index < -0.39 is 5.54 Å². The fraction of sp³-hybridized carbons (Fsp3) is 0.211. The molecular weight excluding hydrogens is 382 g/mol. The first kappa shape index (κ1) is 15.0.